The molecule has 1 aromatic carbocycles. The Labute approximate surface area is 269 Å². The van der Waals surface area contributed by atoms with Gasteiger partial charge in [-0.3, -0.25) is 19.4 Å². The predicted octanol–water partition coefficient (Wildman–Crippen LogP) is 4.60. The highest BCUT2D eigenvalue weighted by molar-refractivity contribution is 6.06. The van der Waals surface area contributed by atoms with Crippen LogP contribution in [0.5, 0.6) is 0 Å². The van der Waals surface area contributed by atoms with Crippen molar-refractivity contribution in [2.45, 2.75) is 68.9 Å². The van der Waals surface area contributed by atoms with E-state index in [0.717, 1.165) is 35.6 Å². The van der Waals surface area contributed by atoms with Crippen LogP contribution in [0.3, 0.4) is 0 Å². The van der Waals surface area contributed by atoms with E-state index in [1.165, 1.54) is 6.20 Å². The maximum absolute atomic E-state index is 15.1. The van der Waals surface area contributed by atoms with Crippen LogP contribution in [0, 0.1) is 17.5 Å². The van der Waals surface area contributed by atoms with Gasteiger partial charge in [0.2, 0.25) is 11.8 Å². The van der Waals surface area contributed by atoms with Crippen LogP contribution >= 0.6 is 0 Å². The fourth-order valence-electron chi connectivity index (χ4n) is 7.46. The molecule has 1 saturated heterocycles. The average Bonchev–Trinajstić information content (AvgIpc) is 3.56. The first kappa shape index (κ1) is 31.0. The number of nitrogens with zero attached hydrogens (tertiary/aromatic N) is 3. The molecule has 1 spiro atoms. The van der Waals surface area contributed by atoms with Crippen LogP contribution in [0.15, 0.2) is 42.7 Å². The number of pyridine rings is 2. The van der Waals surface area contributed by atoms with Gasteiger partial charge in [-0.1, -0.05) is 12.2 Å². The van der Waals surface area contributed by atoms with E-state index in [1.807, 2.05) is 18.2 Å². The summed E-state index contributed by atoms with van der Waals surface area (Å²) in [5, 5.41) is 5.70. The van der Waals surface area contributed by atoms with Gasteiger partial charge in [0.25, 0.3) is 5.91 Å². The van der Waals surface area contributed by atoms with E-state index < -0.39 is 46.8 Å². The zero-order chi connectivity index (χ0) is 32.9. The molecule has 5 heterocycles. The number of anilines is 1. The molecule has 9 nitrogen and oxygen atoms in total. The number of halogens is 3. The largest absolute Gasteiger partial charge is 0.377 e. The van der Waals surface area contributed by atoms with Crippen molar-refractivity contribution in [2.75, 3.05) is 25.1 Å². The summed E-state index contributed by atoms with van der Waals surface area (Å²) < 4.78 is 49.4. The van der Waals surface area contributed by atoms with Gasteiger partial charge >= 0.3 is 0 Å². The number of carbonyl (C=O) groups is 3. The van der Waals surface area contributed by atoms with Crippen molar-refractivity contribution in [1.82, 2.24) is 20.2 Å². The van der Waals surface area contributed by atoms with E-state index >= 15 is 4.39 Å². The fourth-order valence-corrected chi connectivity index (χ4v) is 7.46. The van der Waals surface area contributed by atoms with E-state index in [1.54, 1.807) is 24.1 Å². The first-order chi connectivity index (χ1) is 22.6. The Bertz CT molecular complexity index is 1820. The molecule has 0 saturated carbocycles. The van der Waals surface area contributed by atoms with Crippen molar-refractivity contribution in [3.05, 3.63) is 93.7 Å². The molecule has 3 amide bonds. The van der Waals surface area contributed by atoms with Gasteiger partial charge in [-0.2, -0.15) is 0 Å². The molecule has 3 aliphatic heterocycles. The quantitative estimate of drug-likeness (QED) is 0.374. The van der Waals surface area contributed by atoms with Gasteiger partial charge in [-0.05, 0) is 73.9 Å². The summed E-state index contributed by atoms with van der Waals surface area (Å²) >= 11 is 0. The monoisotopic (exact) mass is 645 g/mol. The summed E-state index contributed by atoms with van der Waals surface area (Å²) in [5.74, 6) is -4.77. The first-order valence-corrected chi connectivity index (χ1v) is 15.9. The number of fused-ring (bicyclic) bond motifs is 4. The third-order valence-electron chi connectivity index (χ3n) is 9.96. The Balaban J connectivity index is 1.22. The zero-order valence-electron chi connectivity index (χ0n) is 25.8. The Morgan fingerprint density at radius 2 is 1.85 bits per heavy atom. The van der Waals surface area contributed by atoms with E-state index in [4.69, 9.17) is 4.74 Å². The number of amides is 3. The minimum absolute atomic E-state index is 0.0445. The summed E-state index contributed by atoms with van der Waals surface area (Å²) in [5.41, 5.74) is 2.14. The van der Waals surface area contributed by atoms with Crippen molar-refractivity contribution in [3.8, 4) is 0 Å². The Hall–Kier alpha value is -4.58. The van der Waals surface area contributed by atoms with Crippen LogP contribution < -0.4 is 10.6 Å². The second kappa shape index (κ2) is 12.2. The van der Waals surface area contributed by atoms with E-state index in [-0.39, 0.29) is 29.4 Å². The second-order valence-corrected chi connectivity index (χ2v) is 12.9. The SMILES string of the molecule is C[C@@H]1[C@H](c2cc(F)cc(F)c2F)C[C@@H]2NC(=O)c3cnc4c(c3)C[C@@]3(C4)C(=O)Nc4ncc(cc43)/C=C/COCCCCCN1C2=O. The number of hydrogen-bond acceptors (Lipinski definition) is 6. The van der Waals surface area contributed by atoms with E-state index in [2.05, 4.69) is 20.6 Å². The lowest BCUT2D eigenvalue weighted by Gasteiger charge is -2.43. The summed E-state index contributed by atoms with van der Waals surface area (Å²) in [6.45, 7) is 2.94. The highest BCUT2D eigenvalue weighted by atomic mass is 19.2. The molecule has 0 unspecified atom stereocenters. The van der Waals surface area contributed by atoms with Crippen molar-refractivity contribution in [1.29, 1.82) is 0 Å². The fraction of sp³-hybridized carbons (Fsp3) is 0.400. The van der Waals surface area contributed by atoms with Crippen LogP contribution in [0.1, 0.15) is 76.8 Å². The number of carbonyl (C=O) groups excluding carboxylic acids is 3. The van der Waals surface area contributed by atoms with Gasteiger partial charge < -0.3 is 20.3 Å². The maximum Gasteiger partial charge on any atom is 0.253 e. The van der Waals surface area contributed by atoms with Gasteiger partial charge in [0.15, 0.2) is 11.6 Å². The molecule has 1 fully saturated rings. The maximum atomic E-state index is 15.1. The molecular weight excluding hydrogens is 611 g/mol. The normalized spacial score (nSPS) is 26.8. The molecule has 2 N–H and O–H groups in total. The van der Waals surface area contributed by atoms with Gasteiger partial charge in [0, 0.05) is 61.2 Å². The smallest absolute Gasteiger partial charge is 0.253 e. The molecular formula is C35H34F3N5O4. The van der Waals surface area contributed by atoms with Crippen LogP contribution in [-0.4, -0.2) is 64.4 Å². The third-order valence-corrected chi connectivity index (χ3v) is 9.96. The third kappa shape index (κ3) is 5.58. The van der Waals surface area contributed by atoms with Crippen molar-refractivity contribution in [3.63, 3.8) is 0 Å². The minimum atomic E-state index is -1.31. The number of ether oxygens (including phenoxy) is 1. The predicted molar refractivity (Wildman–Crippen MR) is 166 cm³/mol. The number of piperidine rings is 1. The highest BCUT2D eigenvalue weighted by Gasteiger charge is 2.52. The van der Waals surface area contributed by atoms with Gasteiger partial charge in [0.05, 0.1) is 17.6 Å². The lowest BCUT2D eigenvalue weighted by Crippen LogP contribution is -2.58. The van der Waals surface area contributed by atoms with Crippen LogP contribution in [-0.2, 0) is 32.6 Å². The zero-order valence-corrected chi connectivity index (χ0v) is 25.8. The summed E-state index contributed by atoms with van der Waals surface area (Å²) in [6.07, 6.45) is 9.62. The molecule has 7 bridgehead atoms. The van der Waals surface area contributed by atoms with Gasteiger partial charge in [-0.15, -0.1) is 0 Å². The Morgan fingerprint density at radius 3 is 2.70 bits per heavy atom. The Kier molecular flexibility index (Phi) is 8.07. The van der Waals surface area contributed by atoms with Crippen LogP contribution in [0.4, 0.5) is 19.0 Å². The molecule has 244 valence electrons. The van der Waals surface area contributed by atoms with Crippen molar-refractivity contribution < 1.29 is 32.3 Å². The molecule has 4 aliphatic rings. The summed E-state index contributed by atoms with van der Waals surface area (Å²) in [6, 6.07) is 3.44. The summed E-state index contributed by atoms with van der Waals surface area (Å²) in [4.78, 5) is 51.4. The molecule has 3 aromatic rings. The molecule has 2 aromatic heterocycles. The number of rotatable bonds is 1. The Morgan fingerprint density at radius 1 is 1.00 bits per heavy atom. The molecule has 47 heavy (non-hydrogen) atoms. The first-order valence-electron chi connectivity index (χ1n) is 15.9. The average molecular weight is 646 g/mol. The minimum Gasteiger partial charge on any atom is -0.377 e. The second-order valence-electron chi connectivity index (χ2n) is 12.9. The van der Waals surface area contributed by atoms with Crippen LogP contribution in [0.25, 0.3) is 6.08 Å². The number of aromatic nitrogens is 2. The molecule has 4 atom stereocenters. The van der Waals surface area contributed by atoms with Crippen LogP contribution in [0.2, 0.25) is 0 Å². The molecule has 1 aliphatic carbocycles. The van der Waals surface area contributed by atoms with E-state index in [0.29, 0.717) is 56.6 Å². The highest BCUT2D eigenvalue weighted by Crippen LogP contribution is 2.46. The lowest BCUT2D eigenvalue weighted by atomic mass is 9.79. The number of benzene rings is 1. The standard InChI is InChI=1S/C35H34F3N5O4/c1-19-24(25-12-23(36)13-27(37)30(25)38)14-28-33(45)43(19)7-3-2-4-8-47-9-5-6-20-10-26-31(40-17-20)42-34(46)35(26)15-21-11-22(32(44)41-28)18-39-29(21)16-35/h5-6,10-13,17-19,24,28H,2-4,7-9,14-16H2,1H3,(H,41,44)(H,40,42,46)/b6-5+/t19-,24-,28+,35+/m1/s1. The van der Waals surface area contributed by atoms with Gasteiger partial charge in [-0.25, -0.2) is 18.2 Å². The molecule has 7 rings (SSSR count). The molecule has 0 radical (unpaired) electrons. The van der Waals surface area contributed by atoms with Crippen molar-refractivity contribution >= 4 is 29.6 Å². The van der Waals surface area contributed by atoms with E-state index in [9.17, 15) is 23.2 Å². The number of nitrogens with one attached hydrogen (secondary N) is 2. The summed E-state index contributed by atoms with van der Waals surface area (Å²) in [7, 11) is 0. The lowest BCUT2D eigenvalue weighted by molar-refractivity contribution is -0.139. The van der Waals surface area contributed by atoms with Crippen molar-refractivity contribution in [2.24, 2.45) is 0 Å². The molecule has 12 heteroatoms. The topological polar surface area (TPSA) is 114 Å². The van der Waals surface area contributed by atoms with Gasteiger partial charge in [0.1, 0.15) is 17.7 Å². The number of hydrogen-bond donors (Lipinski definition) is 2.